The lowest BCUT2D eigenvalue weighted by Gasteiger charge is -2.09. The summed E-state index contributed by atoms with van der Waals surface area (Å²) in [6, 6.07) is 3.36. The molecule has 0 radical (unpaired) electrons. The molecular weight excluding hydrogens is 225 g/mol. The zero-order valence-corrected chi connectivity index (χ0v) is 8.70. The molecule has 1 aromatic carbocycles. The fraction of sp³-hybridized carbons (Fsp3) is 0.273. The average Bonchev–Trinajstić information content (AvgIpc) is 2.15. The highest BCUT2D eigenvalue weighted by molar-refractivity contribution is 6.31. The molecule has 0 atom stereocenters. The Labute approximate surface area is 91.4 Å². The van der Waals surface area contributed by atoms with Crippen molar-refractivity contribution in [1.82, 2.24) is 0 Å². The molecule has 0 aliphatic rings. The first kappa shape index (κ1) is 12.1. The molecule has 0 N–H and O–H groups in total. The van der Waals surface area contributed by atoms with Crippen LogP contribution in [0.25, 0.3) is 0 Å². The van der Waals surface area contributed by atoms with Gasteiger partial charge >= 0.3 is 6.18 Å². The van der Waals surface area contributed by atoms with Crippen LogP contribution >= 0.6 is 11.6 Å². The van der Waals surface area contributed by atoms with E-state index in [4.69, 9.17) is 11.6 Å². The molecule has 0 unspecified atom stereocenters. The van der Waals surface area contributed by atoms with Gasteiger partial charge in [0, 0.05) is 5.02 Å². The number of hydrogen-bond donors (Lipinski definition) is 0. The van der Waals surface area contributed by atoms with Crippen LogP contribution < -0.4 is 0 Å². The first-order valence-electron chi connectivity index (χ1n) is 4.41. The van der Waals surface area contributed by atoms with Crippen molar-refractivity contribution >= 4 is 11.6 Å². The molecule has 15 heavy (non-hydrogen) atoms. The van der Waals surface area contributed by atoms with Crippen LogP contribution in [0.1, 0.15) is 17.5 Å². The van der Waals surface area contributed by atoms with Gasteiger partial charge in [0.05, 0.1) is 5.56 Å². The normalized spacial score (nSPS) is 11.5. The van der Waals surface area contributed by atoms with E-state index >= 15 is 0 Å². The molecule has 0 spiro atoms. The summed E-state index contributed by atoms with van der Waals surface area (Å²) in [5.41, 5.74) is -0.155. The Morgan fingerprint density at radius 1 is 1.33 bits per heavy atom. The summed E-state index contributed by atoms with van der Waals surface area (Å²) in [5, 5.41) is 0.366. The van der Waals surface area contributed by atoms with E-state index in [0.717, 1.165) is 12.1 Å². The van der Waals surface area contributed by atoms with Crippen molar-refractivity contribution in [2.75, 3.05) is 0 Å². The molecule has 1 aromatic rings. The Bertz CT molecular complexity index is 355. The van der Waals surface area contributed by atoms with E-state index in [-0.39, 0.29) is 0 Å². The Morgan fingerprint density at radius 2 is 2.00 bits per heavy atom. The van der Waals surface area contributed by atoms with Crippen LogP contribution in [0.15, 0.2) is 30.9 Å². The lowest BCUT2D eigenvalue weighted by molar-refractivity contribution is -0.137. The molecular formula is C11H10ClF3. The minimum Gasteiger partial charge on any atom is -0.166 e. The monoisotopic (exact) mass is 234 g/mol. The molecule has 0 aliphatic carbocycles. The molecule has 82 valence electrons. The van der Waals surface area contributed by atoms with Crippen LogP contribution in [-0.4, -0.2) is 0 Å². The highest BCUT2D eigenvalue weighted by Crippen LogP contribution is 2.32. The van der Waals surface area contributed by atoms with Gasteiger partial charge in [-0.1, -0.05) is 17.7 Å². The predicted molar refractivity (Wildman–Crippen MR) is 55.0 cm³/mol. The second-order valence-corrected chi connectivity index (χ2v) is 3.54. The first-order valence-corrected chi connectivity index (χ1v) is 4.79. The lowest BCUT2D eigenvalue weighted by atomic mass is 10.1. The molecule has 0 aromatic heterocycles. The van der Waals surface area contributed by atoms with Crippen LogP contribution in [-0.2, 0) is 12.6 Å². The van der Waals surface area contributed by atoms with Gasteiger partial charge in [-0.3, -0.25) is 0 Å². The Hall–Kier alpha value is -0.960. The quantitative estimate of drug-likeness (QED) is 0.677. The maximum Gasteiger partial charge on any atom is 0.416 e. The van der Waals surface area contributed by atoms with Crippen molar-refractivity contribution in [2.45, 2.75) is 19.0 Å². The van der Waals surface area contributed by atoms with Crippen LogP contribution in [0, 0.1) is 0 Å². The van der Waals surface area contributed by atoms with Gasteiger partial charge in [0.1, 0.15) is 0 Å². The fourth-order valence-electron chi connectivity index (χ4n) is 1.20. The van der Waals surface area contributed by atoms with Crippen molar-refractivity contribution in [2.24, 2.45) is 0 Å². The van der Waals surface area contributed by atoms with E-state index in [0.29, 0.717) is 23.4 Å². The molecule has 0 saturated carbocycles. The third-order valence-corrected chi connectivity index (χ3v) is 2.36. The number of benzene rings is 1. The van der Waals surface area contributed by atoms with Gasteiger partial charge in [0.25, 0.3) is 0 Å². The van der Waals surface area contributed by atoms with Gasteiger partial charge in [-0.15, -0.1) is 6.58 Å². The molecule has 1 rings (SSSR count). The molecule has 0 aliphatic heterocycles. The van der Waals surface area contributed by atoms with Crippen LogP contribution in [0.4, 0.5) is 13.2 Å². The standard InChI is InChI=1S/C11H10ClF3/c1-2-3-4-8-7-9(11(13,14)15)5-6-10(8)12/h2,5-7H,1,3-4H2. The zero-order valence-electron chi connectivity index (χ0n) is 7.94. The lowest BCUT2D eigenvalue weighted by Crippen LogP contribution is -2.05. The van der Waals surface area contributed by atoms with Crippen molar-refractivity contribution in [1.29, 1.82) is 0 Å². The van der Waals surface area contributed by atoms with Gasteiger partial charge < -0.3 is 0 Å². The molecule has 0 saturated heterocycles. The second kappa shape index (κ2) is 4.71. The molecule has 0 fully saturated rings. The highest BCUT2D eigenvalue weighted by atomic mass is 35.5. The number of halogens is 4. The van der Waals surface area contributed by atoms with Crippen molar-refractivity contribution in [3.8, 4) is 0 Å². The van der Waals surface area contributed by atoms with Gasteiger partial charge in [0.2, 0.25) is 0 Å². The van der Waals surface area contributed by atoms with Crippen molar-refractivity contribution < 1.29 is 13.2 Å². The summed E-state index contributed by atoms with van der Waals surface area (Å²) in [6.45, 7) is 3.51. The van der Waals surface area contributed by atoms with Crippen LogP contribution in [0.3, 0.4) is 0 Å². The average molecular weight is 235 g/mol. The minimum absolute atomic E-state index is 0.366. The Kier molecular flexibility index (Phi) is 3.80. The maximum atomic E-state index is 12.4. The molecule has 4 heteroatoms. The van der Waals surface area contributed by atoms with E-state index in [2.05, 4.69) is 6.58 Å². The topological polar surface area (TPSA) is 0 Å². The van der Waals surface area contributed by atoms with E-state index in [1.54, 1.807) is 6.08 Å². The van der Waals surface area contributed by atoms with Gasteiger partial charge in [0.15, 0.2) is 0 Å². The summed E-state index contributed by atoms with van der Waals surface area (Å²) in [7, 11) is 0. The molecule has 0 bridgehead atoms. The number of allylic oxidation sites excluding steroid dienone is 1. The van der Waals surface area contributed by atoms with Crippen molar-refractivity contribution in [3.63, 3.8) is 0 Å². The van der Waals surface area contributed by atoms with E-state index in [1.807, 2.05) is 0 Å². The minimum atomic E-state index is -4.31. The predicted octanol–water partition coefficient (Wildman–Crippen LogP) is 4.48. The SMILES string of the molecule is C=CCCc1cc(C(F)(F)F)ccc1Cl. The van der Waals surface area contributed by atoms with Gasteiger partial charge in [-0.2, -0.15) is 13.2 Å². The Morgan fingerprint density at radius 3 is 2.53 bits per heavy atom. The largest absolute Gasteiger partial charge is 0.416 e. The summed E-state index contributed by atoms with van der Waals surface area (Å²) in [5.74, 6) is 0. The van der Waals surface area contributed by atoms with Crippen molar-refractivity contribution in [3.05, 3.63) is 47.0 Å². The summed E-state index contributed by atoms with van der Waals surface area (Å²) >= 11 is 5.78. The van der Waals surface area contributed by atoms with Gasteiger partial charge in [-0.25, -0.2) is 0 Å². The third-order valence-electron chi connectivity index (χ3n) is 1.99. The fourth-order valence-corrected chi connectivity index (χ4v) is 1.41. The Balaban J connectivity index is 3.00. The summed E-state index contributed by atoms with van der Waals surface area (Å²) < 4.78 is 37.1. The smallest absolute Gasteiger partial charge is 0.166 e. The van der Waals surface area contributed by atoms with Crippen LogP contribution in [0.5, 0.6) is 0 Å². The number of rotatable bonds is 3. The van der Waals surface area contributed by atoms with Gasteiger partial charge in [-0.05, 0) is 36.6 Å². The first-order chi connectivity index (χ1) is 6.95. The zero-order chi connectivity index (χ0) is 11.5. The van der Waals surface area contributed by atoms with E-state index in [9.17, 15) is 13.2 Å². The number of aryl methyl sites for hydroxylation is 1. The maximum absolute atomic E-state index is 12.4. The number of alkyl halides is 3. The molecule has 0 heterocycles. The van der Waals surface area contributed by atoms with Crippen LogP contribution in [0.2, 0.25) is 5.02 Å². The number of hydrogen-bond acceptors (Lipinski definition) is 0. The summed E-state index contributed by atoms with van der Waals surface area (Å²) in [6.07, 6.45) is -1.57. The third kappa shape index (κ3) is 3.27. The van der Waals surface area contributed by atoms with E-state index in [1.165, 1.54) is 6.07 Å². The molecule has 0 nitrogen and oxygen atoms in total. The van der Waals surface area contributed by atoms with E-state index < -0.39 is 11.7 Å². The second-order valence-electron chi connectivity index (χ2n) is 3.13. The highest BCUT2D eigenvalue weighted by Gasteiger charge is 2.30. The summed E-state index contributed by atoms with van der Waals surface area (Å²) in [4.78, 5) is 0. The molecule has 0 amide bonds.